The molecule has 0 unspecified atom stereocenters. The van der Waals surface area contributed by atoms with E-state index >= 15 is 0 Å². The maximum atomic E-state index is 13.9. The van der Waals surface area contributed by atoms with E-state index in [1.54, 1.807) is 23.5 Å². The second-order valence-corrected chi connectivity index (χ2v) is 7.12. The van der Waals surface area contributed by atoms with Gasteiger partial charge in [0, 0.05) is 24.0 Å². The molecule has 0 atom stereocenters. The van der Waals surface area contributed by atoms with Crippen molar-refractivity contribution < 1.29 is 4.39 Å². The molecular weight excluding hydrogens is 363 g/mol. The number of nitrogens with one attached hydrogen (secondary N) is 2. The van der Waals surface area contributed by atoms with Gasteiger partial charge < -0.3 is 15.2 Å². The van der Waals surface area contributed by atoms with Crippen LogP contribution in [0, 0.1) is 12.7 Å². The number of benzene rings is 1. The van der Waals surface area contributed by atoms with Gasteiger partial charge in [0.05, 0.1) is 13.1 Å². The van der Waals surface area contributed by atoms with Gasteiger partial charge in [0.2, 0.25) is 0 Å². The van der Waals surface area contributed by atoms with Crippen LogP contribution in [0.25, 0.3) is 0 Å². The van der Waals surface area contributed by atoms with Crippen LogP contribution in [0.3, 0.4) is 0 Å². The molecule has 142 valence electrons. The van der Waals surface area contributed by atoms with Gasteiger partial charge in [0.1, 0.15) is 11.6 Å². The Labute approximate surface area is 162 Å². The van der Waals surface area contributed by atoms with Gasteiger partial charge in [-0.15, -0.1) is 21.5 Å². The van der Waals surface area contributed by atoms with Crippen LogP contribution in [0.2, 0.25) is 0 Å². The first-order valence-electron chi connectivity index (χ1n) is 8.76. The van der Waals surface area contributed by atoms with E-state index in [1.165, 1.54) is 10.9 Å². The van der Waals surface area contributed by atoms with Crippen LogP contribution in [0.5, 0.6) is 0 Å². The van der Waals surface area contributed by atoms with Crippen LogP contribution in [-0.4, -0.2) is 27.3 Å². The summed E-state index contributed by atoms with van der Waals surface area (Å²) in [5, 5.41) is 16.8. The van der Waals surface area contributed by atoms with E-state index in [0.717, 1.165) is 24.6 Å². The Morgan fingerprint density at radius 2 is 2.04 bits per heavy atom. The molecule has 3 rings (SSSR count). The minimum Gasteiger partial charge on any atom is -0.356 e. The predicted octanol–water partition coefficient (Wildman–Crippen LogP) is 2.80. The van der Waals surface area contributed by atoms with Gasteiger partial charge in [-0.25, -0.2) is 9.38 Å². The fourth-order valence-corrected chi connectivity index (χ4v) is 3.20. The van der Waals surface area contributed by atoms with Crippen molar-refractivity contribution in [2.45, 2.75) is 26.4 Å². The highest BCUT2D eigenvalue weighted by Gasteiger charge is 2.07. The lowest BCUT2D eigenvalue weighted by Gasteiger charge is -2.12. The minimum absolute atomic E-state index is 0.247. The van der Waals surface area contributed by atoms with Crippen molar-refractivity contribution in [3.8, 4) is 0 Å². The van der Waals surface area contributed by atoms with Crippen molar-refractivity contribution in [2.75, 3.05) is 6.54 Å². The molecule has 2 N–H and O–H groups in total. The number of hydrogen-bond acceptors (Lipinski definition) is 4. The minimum atomic E-state index is -0.247. The molecule has 8 heteroatoms. The monoisotopic (exact) mass is 386 g/mol. The van der Waals surface area contributed by atoms with Gasteiger partial charge >= 0.3 is 0 Å². The molecule has 0 saturated carbocycles. The molecule has 0 bridgehead atoms. The third-order valence-electron chi connectivity index (χ3n) is 4.21. The summed E-state index contributed by atoms with van der Waals surface area (Å²) in [6.07, 6.45) is 0.904. The number of guanidine groups is 1. The molecule has 0 aliphatic carbocycles. The Bertz CT molecular complexity index is 888. The van der Waals surface area contributed by atoms with Gasteiger partial charge in [-0.1, -0.05) is 24.3 Å². The number of aliphatic imine (C=N–C) groups is 1. The molecule has 0 amide bonds. The molecule has 27 heavy (non-hydrogen) atoms. The predicted molar refractivity (Wildman–Crippen MR) is 106 cm³/mol. The van der Waals surface area contributed by atoms with Crippen molar-refractivity contribution in [1.29, 1.82) is 0 Å². The molecule has 0 fully saturated rings. The number of halogens is 1. The molecule has 0 saturated heterocycles. The van der Waals surface area contributed by atoms with Crippen molar-refractivity contribution in [2.24, 2.45) is 12.0 Å². The third-order valence-corrected chi connectivity index (χ3v) is 5.14. The van der Waals surface area contributed by atoms with Crippen LogP contribution in [0.1, 0.15) is 22.1 Å². The summed E-state index contributed by atoms with van der Waals surface area (Å²) < 4.78 is 15.8. The summed E-state index contributed by atoms with van der Waals surface area (Å²) in [7, 11) is 1.92. The summed E-state index contributed by atoms with van der Waals surface area (Å²) >= 11 is 1.73. The Morgan fingerprint density at radius 3 is 2.74 bits per heavy atom. The van der Waals surface area contributed by atoms with Gasteiger partial charge in [0.15, 0.2) is 11.8 Å². The van der Waals surface area contributed by atoms with Crippen molar-refractivity contribution in [1.82, 2.24) is 25.4 Å². The Hall–Kier alpha value is -2.74. The lowest BCUT2D eigenvalue weighted by molar-refractivity contribution is 0.610. The average molecular weight is 387 g/mol. The highest BCUT2D eigenvalue weighted by molar-refractivity contribution is 7.09. The van der Waals surface area contributed by atoms with E-state index in [-0.39, 0.29) is 12.4 Å². The SMILES string of the molecule is Cc1nnc(CNC(=NCc2ccccc2F)NCCc2cccs2)n1C. The van der Waals surface area contributed by atoms with E-state index in [0.29, 0.717) is 18.1 Å². The highest BCUT2D eigenvalue weighted by atomic mass is 32.1. The van der Waals surface area contributed by atoms with E-state index in [2.05, 4.69) is 37.3 Å². The zero-order chi connectivity index (χ0) is 19.1. The fraction of sp³-hybridized carbons (Fsp3) is 0.316. The van der Waals surface area contributed by atoms with E-state index in [4.69, 9.17) is 0 Å². The van der Waals surface area contributed by atoms with Crippen LogP contribution in [-0.2, 0) is 26.6 Å². The lowest BCUT2D eigenvalue weighted by Crippen LogP contribution is -2.38. The molecule has 0 radical (unpaired) electrons. The molecular formula is C19H23FN6S. The standard InChI is InChI=1S/C19H23FN6S/c1-14-24-25-18(26(14)2)13-23-19(21-10-9-16-7-5-11-27-16)22-12-15-6-3-4-8-17(15)20/h3-8,11H,9-10,12-13H2,1-2H3,(H2,21,22,23). The molecule has 1 aromatic carbocycles. The molecule has 6 nitrogen and oxygen atoms in total. The van der Waals surface area contributed by atoms with Gasteiger partial charge in [-0.05, 0) is 30.9 Å². The normalized spacial score (nSPS) is 11.6. The number of aromatic nitrogens is 3. The second kappa shape index (κ2) is 9.27. The summed E-state index contributed by atoms with van der Waals surface area (Å²) in [5.74, 6) is 2.03. The summed E-state index contributed by atoms with van der Waals surface area (Å²) in [6.45, 7) is 3.39. The first kappa shape index (κ1) is 19.0. The number of hydrogen-bond donors (Lipinski definition) is 2. The maximum Gasteiger partial charge on any atom is 0.191 e. The van der Waals surface area contributed by atoms with Gasteiger partial charge in [-0.2, -0.15) is 0 Å². The smallest absolute Gasteiger partial charge is 0.191 e. The van der Waals surface area contributed by atoms with E-state index in [9.17, 15) is 4.39 Å². The largest absolute Gasteiger partial charge is 0.356 e. The molecule has 0 spiro atoms. The van der Waals surface area contributed by atoms with Crippen LogP contribution >= 0.6 is 11.3 Å². The molecule has 0 aliphatic heterocycles. The molecule has 3 aromatic rings. The maximum absolute atomic E-state index is 13.9. The summed E-state index contributed by atoms with van der Waals surface area (Å²) in [6, 6.07) is 10.8. The van der Waals surface area contributed by atoms with Gasteiger partial charge in [-0.3, -0.25) is 0 Å². The summed E-state index contributed by atoms with van der Waals surface area (Å²) in [4.78, 5) is 5.83. The first-order valence-corrected chi connectivity index (χ1v) is 9.64. The number of thiophene rings is 1. The summed E-state index contributed by atoms with van der Waals surface area (Å²) in [5.41, 5.74) is 0.561. The lowest BCUT2D eigenvalue weighted by atomic mass is 10.2. The topological polar surface area (TPSA) is 67.1 Å². The van der Waals surface area contributed by atoms with E-state index in [1.807, 2.05) is 30.7 Å². The van der Waals surface area contributed by atoms with Crippen LogP contribution < -0.4 is 10.6 Å². The fourth-order valence-electron chi connectivity index (χ4n) is 2.49. The first-order chi connectivity index (χ1) is 13.1. The van der Waals surface area contributed by atoms with Crippen molar-refractivity contribution in [3.05, 3.63) is 69.7 Å². The second-order valence-electron chi connectivity index (χ2n) is 6.09. The number of aryl methyl sites for hydroxylation is 1. The Balaban J connectivity index is 1.64. The van der Waals surface area contributed by atoms with Crippen LogP contribution in [0.15, 0.2) is 46.8 Å². The molecule has 0 aliphatic rings. The number of rotatable bonds is 7. The Morgan fingerprint density at radius 1 is 1.19 bits per heavy atom. The van der Waals surface area contributed by atoms with E-state index < -0.39 is 0 Å². The van der Waals surface area contributed by atoms with Gasteiger partial charge in [0.25, 0.3) is 0 Å². The molecule has 2 aromatic heterocycles. The number of nitrogens with zero attached hydrogens (tertiary/aromatic N) is 4. The quantitative estimate of drug-likeness (QED) is 0.484. The third kappa shape index (κ3) is 5.37. The average Bonchev–Trinajstić information content (AvgIpc) is 3.29. The zero-order valence-corrected chi connectivity index (χ0v) is 16.3. The van der Waals surface area contributed by atoms with Crippen molar-refractivity contribution >= 4 is 17.3 Å². The molecule has 2 heterocycles. The van der Waals surface area contributed by atoms with Crippen molar-refractivity contribution in [3.63, 3.8) is 0 Å². The zero-order valence-electron chi connectivity index (χ0n) is 15.4. The van der Waals surface area contributed by atoms with Crippen LogP contribution in [0.4, 0.5) is 4.39 Å². The Kier molecular flexibility index (Phi) is 6.54. The highest BCUT2D eigenvalue weighted by Crippen LogP contribution is 2.09.